The summed E-state index contributed by atoms with van der Waals surface area (Å²) in [5.74, 6) is -11.8. The molecule has 0 bridgehead atoms. The van der Waals surface area contributed by atoms with Crippen molar-refractivity contribution in [3.63, 3.8) is 0 Å². The second-order valence-corrected chi connectivity index (χ2v) is 5.90. The van der Waals surface area contributed by atoms with Crippen LogP contribution in [0.2, 0.25) is 0 Å². The number of alkyl halides is 3. The lowest BCUT2D eigenvalue weighted by molar-refractivity contribution is -0.143. The topological polar surface area (TPSA) is 38.3 Å². The summed E-state index contributed by atoms with van der Waals surface area (Å²) in [5, 5.41) is 1.62. The van der Waals surface area contributed by atoms with E-state index in [1.807, 2.05) is 0 Å². The fraction of sp³-hybridized carbons (Fsp3) is 0.235. The van der Waals surface area contributed by atoms with Gasteiger partial charge in [-0.05, 0) is 13.0 Å². The third-order valence-electron chi connectivity index (χ3n) is 4.06. The van der Waals surface area contributed by atoms with E-state index >= 15 is 0 Å². The Morgan fingerprint density at radius 3 is 2.22 bits per heavy atom. The highest BCUT2D eigenvalue weighted by Gasteiger charge is 2.43. The number of ether oxygens (including phenoxy) is 1. The molecule has 10 heteroatoms. The minimum atomic E-state index is -5.66. The molecular weight excluding hydrogens is 383 g/mol. The van der Waals surface area contributed by atoms with Crippen LogP contribution in [0, 0.1) is 30.2 Å². The van der Waals surface area contributed by atoms with Crippen molar-refractivity contribution in [1.82, 2.24) is 0 Å². The maximum Gasteiger partial charge on any atom is 0.422 e. The number of aryl methyl sites for hydroxylation is 1. The zero-order valence-corrected chi connectivity index (χ0v) is 13.5. The smallest absolute Gasteiger partial charge is 0.422 e. The molecule has 1 N–H and O–H groups in total. The Morgan fingerprint density at radius 2 is 1.67 bits per heavy atom. The van der Waals surface area contributed by atoms with Crippen LogP contribution in [0.4, 0.5) is 36.4 Å². The second-order valence-electron chi connectivity index (χ2n) is 5.90. The summed E-state index contributed by atoms with van der Waals surface area (Å²) >= 11 is 0. The summed E-state index contributed by atoms with van der Waals surface area (Å²) in [7, 11) is 0. The first-order valence-corrected chi connectivity index (χ1v) is 7.49. The molecule has 144 valence electrons. The van der Waals surface area contributed by atoms with Gasteiger partial charge in [-0.15, -0.1) is 0 Å². The van der Waals surface area contributed by atoms with Crippen molar-refractivity contribution in [1.29, 1.82) is 0 Å². The molecule has 0 spiro atoms. The van der Waals surface area contributed by atoms with Gasteiger partial charge in [0.15, 0.2) is 23.3 Å². The predicted molar refractivity (Wildman–Crippen MR) is 79.3 cm³/mol. The Kier molecular flexibility index (Phi) is 4.52. The SMILES string of the molecule is Cc1ccc2c(c1)C(C(=O)Nc1c(F)c(F)c(C(F)(F)F)c(F)c1F)CO2. The van der Waals surface area contributed by atoms with Crippen LogP contribution >= 0.6 is 0 Å². The monoisotopic (exact) mass is 393 g/mol. The lowest BCUT2D eigenvalue weighted by Gasteiger charge is -2.16. The van der Waals surface area contributed by atoms with E-state index in [0.29, 0.717) is 11.3 Å². The second kappa shape index (κ2) is 6.43. The molecule has 0 aliphatic carbocycles. The van der Waals surface area contributed by atoms with Crippen molar-refractivity contribution in [2.75, 3.05) is 11.9 Å². The van der Waals surface area contributed by atoms with Crippen LogP contribution < -0.4 is 10.1 Å². The minimum Gasteiger partial charge on any atom is -0.492 e. The number of halogens is 7. The van der Waals surface area contributed by atoms with E-state index in [0.717, 1.165) is 5.56 Å². The van der Waals surface area contributed by atoms with Gasteiger partial charge in [0, 0.05) is 5.56 Å². The number of carbonyl (C=O) groups excluding carboxylic acids is 1. The van der Waals surface area contributed by atoms with Crippen molar-refractivity contribution >= 4 is 11.6 Å². The number of hydrogen-bond acceptors (Lipinski definition) is 2. The van der Waals surface area contributed by atoms with Gasteiger partial charge in [-0.1, -0.05) is 17.7 Å². The molecule has 0 aromatic heterocycles. The van der Waals surface area contributed by atoms with Gasteiger partial charge in [0.1, 0.15) is 29.5 Å². The number of rotatable bonds is 2. The molecular formula is C17H10F7NO2. The maximum atomic E-state index is 13.9. The molecule has 1 aliphatic rings. The van der Waals surface area contributed by atoms with Crippen LogP contribution in [-0.4, -0.2) is 12.5 Å². The van der Waals surface area contributed by atoms with E-state index in [4.69, 9.17) is 4.74 Å². The summed E-state index contributed by atoms with van der Waals surface area (Å²) in [6, 6.07) is 4.84. The number of carbonyl (C=O) groups is 1. The van der Waals surface area contributed by atoms with Crippen LogP contribution in [0.5, 0.6) is 5.75 Å². The molecule has 1 unspecified atom stereocenters. The standard InChI is InChI=1S/C17H10F7NO2/c1-6-2-3-9-7(4-6)8(5-27-9)16(26)25-15-13(20)11(18)10(17(22,23)24)12(19)14(15)21/h2-4,8H,5H2,1H3,(H,25,26). The Balaban J connectivity index is 1.98. The van der Waals surface area contributed by atoms with Gasteiger partial charge in [0.2, 0.25) is 5.91 Å². The summed E-state index contributed by atoms with van der Waals surface area (Å²) in [4.78, 5) is 12.3. The van der Waals surface area contributed by atoms with E-state index in [9.17, 15) is 35.5 Å². The average molecular weight is 393 g/mol. The van der Waals surface area contributed by atoms with Crippen molar-refractivity contribution in [3.8, 4) is 5.75 Å². The van der Waals surface area contributed by atoms with Gasteiger partial charge >= 0.3 is 6.18 Å². The quantitative estimate of drug-likeness (QED) is 0.594. The molecule has 0 radical (unpaired) electrons. The molecule has 3 rings (SSSR count). The Labute approximate surface area is 147 Å². The van der Waals surface area contributed by atoms with Gasteiger partial charge in [-0.25, -0.2) is 17.6 Å². The molecule has 1 aliphatic heterocycles. The van der Waals surface area contributed by atoms with Crippen molar-refractivity contribution in [2.45, 2.75) is 19.0 Å². The summed E-state index contributed by atoms with van der Waals surface area (Å²) in [5.41, 5.74) is -3.22. The molecule has 0 saturated heterocycles. The molecule has 1 atom stereocenters. The highest BCUT2D eigenvalue weighted by molar-refractivity contribution is 5.97. The normalized spacial score (nSPS) is 16.1. The van der Waals surface area contributed by atoms with Crippen LogP contribution in [0.1, 0.15) is 22.6 Å². The van der Waals surface area contributed by atoms with E-state index in [2.05, 4.69) is 0 Å². The number of anilines is 1. The lowest BCUT2D eigenvalue weighted by atomic mass is 9.98. The molecule has 3 nitrogen and oxygen atoms in total. The number of benzene rings is 2. The first-order valence-electron chi connectivity index (χ1n) is 7.49. The average Bonchev–Trinajstić information content (AvgIpc) is 2.98. The predicted octanol–water partition coefficient (Wildman–Crippen LogP) is 4.68. The summed E-state index contributed by atoms with van der Waals surface area (Å²) in [6.45, 7) is 1.51. The van der Waals surface area contributed by atoms with Gasteiger partial charge in [0.25, 0.3) is 0 Å². The third kappa shape index (κ3) is 3.19. The number of amides is 1. The zero-order valence-electron chi connectivity index (χ0n) is 13.5. The Hall–Kier alpha value is -2.78. The summed E-state index contributed by atoms with van der Waals surface area (Å²) < 4.78 is 98.1. The van der Waals surface area contributed by atoms with Crippen LogP contribution in [-0.2, 0) is 11.0 Å². The Morgan fingerprint density at radius 1 is 1.07 bits per heavy atom. The largest absolute Gasteiger partial charge is 0.492 e. The lowest BCUT2D eigenvalue weighted by Crippen LogP contribution is -2.25. The Bertz CT molecular complexity index is 911. The van der Waals surface area contributed by atoms with E-state index in [1.165, 1.54) is 0 Å². The van der Waals surface area contributed by atoms with Crippen molar-refractivity contribution in [2.24, 2.45) is 0 Å². The van der Waals surface area contributed by atoms with Crippen LogP contribution in [0.15, 0.2) is 18.2 Å². The number of hydrogen-bond donors (Lipinski definition) is 1. The number of fused-ring (bicyclic) bond motifs is 1. The van der Waals surface area contributed by atoms with Crippen LogP contribution in [0.3, 0.4) is 0 Å². The highest BCUT2D eigenvalue weighted by atomic mass is 19.4. The first-order chi connectivity index (χ1) is 12.5. The molecule has 0 fully saturated rings. The van der Waals surface area contributed by atoms with E-state index in [-0.39, 0.29) is 6.61 Å². The maximum absolute atomic E-state index is 13.9. The minimum absolute atomic E-state index is 0.209. The first kappa shape index (κ1) is 19.0. The van der Waals surface area contributed by atoms with Gasteiger partial charge < -0.3 is 10.1 Å². The van der Waals surface area contributed by atoms with Crippen LogP contribution in [0.25, 0.3) is 0 Å². The number of nitrogens with one attached hydrogen (secondary N) is 1. The molecule has 1 amide bonds. The molecule has 2 aromatic carbocycles. The van der Waals surface area contributed by atoms with Crippen molar-refractivity contribution < 1.29 is 40.3 Å². The van der Waals surface area contributed by atoms with Gasteiger partial charge in [0.05, 0.1) is 0 Å². The van der Waals surface area contributed by atoms with Gasteiger partial charge in [-0.3, -0.25) is 4.79 Å². The van der Waals surface area contributed by atoms with Crippen molar-refractivity contribution in [3.05, 3.63) is 58.2 Å². The zero-order chi connectivity index (χ0) is 20.1. The molecule has 2 aromatic rings. The van der Waals surface area contributed by atoms with E-state index in [1.54, 1.807) is 30.4 Å². The summed E-state index contributed by atoms with van der Waals surface area (Å²) in [6.07, 6.45) is -5.66. The molecule has 0 saturated carbocycles. The third-order valence-corrected chi connectivity index (χ3v) is 4.06. The molecule has 27 heavy (non-hydrogen) atoms. The fourth-order valence-corrected chi connectivity index (χ4v) is 2.75. The molecule has 1 heterocycles. The van der Waals surface area contributed by atoms with E-state index < -0.39 is 52.5 Å². The van der Waals surface area contributed by atoms with Gasteiger partial charge in [-0.2, -0.15) is 13.2 Å². The fourth-order valence-electron chi connectivity index (χ4n) is 2.75. The highest BCUT2D eigenvalue weighted by Crippen LogP contribution is 2.40.